The molecule has 1 atom stereocenters. The van der Waals surface area contributed by atoms with Crippen LogP contribution in [-0.2, 0) is 11.2 Å². The lowest BCUT2D eigenvalue weighted by Crippen LogP contribution is -2.42. The SMILES string of the molecule is CCOc1ccccc1CCNC(=O)C1CSCN1. The average molecular weight is 280 g/mol. The van der Waals surface area contributed by atoms with Crippen LogP contribution in [0.15, 0.2) is 24.3 Å². The Kier molecular flexibility index (Phi) is 5.54. The number of nitrogens with one attached hydrogen (secondary N) is 2. The van der Waals surface area contributed by atoms with Crippen molar-refractivity contribution in [1.29, 1.82) is 0 Å². The molecule has 1 aromatic carbocycles. The van der Waals surface area contributed by atoms with E-state index in [1.165, 1.54) is 0 Å². The molecular formula is C14H20N2O2S. The van der Waals surface area contributed by atoms with E-state index in [4.69, 9.17) is 4.74 Å². The van der Waals surface area contributed by atoms with Gasteiger partial charge in [-0.2, -0.15) is 0 Å². The van der Waals surface area contributed by atoms with Gasteiger partial charge in [-0.1, -0.05) is 18.2 Å². The maximum Gasteiger partial charge on any atom is 0.238 e. The molecule has 1 aliphatic rings. The first-order valence-electron chi connectivity index (χ1n) is 6.60. The van der Waals surface area contributed by atoms with Crippen molar-refractivity contribution in [3.8, 4) is 5.75 Å². The number of hydrogen-bond donors (Lipinski definition) is 2. The fraction of sp³-hybridized carbons (Fsp3) is 0.500. The van der Waals surface area contributed by atoms with Gasteiger partial charge in [0.15, 0.2) is 0 Å². The predicted octanol–water partition coefficient (Wildman–Crippen LogP) is 1.41. The highest BCUT2D eigenvalue weighted by Crippen LogP contribution is 2.18. The molecule has 0 aromatic heterocycles. The van der Waals surface area contributed by atoms with E-state index in [0.29, 0.717) is 13.2 Å². The molecule has 0 bridgehead atoms. The van der Waals surface area contributed by atoms with Crippen LogP contribution in [0, 0.1) is 0 Å². The van der Waals surface area contributed by atoms with Crippen LogP contribution in [0.1, 0.15) is 12.5 Å². The van der Waals surface area contributed by atoms with Gasteiger partial charge in [0.25, 0.3) is 0 Å². The number of ether oxygens (including phenoxy) is 1. The number of carbonyl (C=O) groups is 1. The molecule has 1 aromatic rings. The van der Waals surface area contributed by atoms with Crippen LogP contribution in [0.2, 0.25) is 0 Å². The summed E-state index contributed by atoms with van der Waals surface area (Å²) in [7, 11) is 0. The molecule has 2 rings (SSSR count). The van der Waals surface area contributed by atoms with Gasteiger partial charge >= 0.3 is 0 Å². The molecular weight excluding hydrogens is 260 g/mol. The van der Waals surface area contributed by atoms with Crippen molar-refractivity contribution in [3.63, 3.8) is 0 Å². The quantitative estimate of drug-likeness (QED) is 0.827. The van der Waals surface area contributed by atoms with Crippen molar-refractivity contribution in [2.24, 2.45) is 0 Å². The lowest BCUT2D eigenvalue weighted by molar-refractivity contribution is -0.122. The second kappa shape index (κ2) is 7.40. The summed E-state index contributed by atoms with van der Waals surface area (Å²) in [5.41, 5.74) is 1.14. The van der Waals surface area contributed by atoms with Gasteiger partial charge in [-0.25, -0.2) is 0 Å². The molecule has 104 valence electrons. The Morgan fingerprint density at radius 2 is 2.37 bits per heavy atom. The highest BCUT2D eigenvalue weighted by molar-refractivity contribution is 7.99. The minimum Gasteiger partial charge on any atom is -0.494 e. The third-order valence-electron chi connectivity index (χ3n) is 3.00. The van der Waals surface area contributed by atoms with E-state index in [1.807, 2.05) is 31.2 Å². The number of rotatable bonds is 6. The predicted molar refractivity (Wildman–Crippen MR) is 78.6 cm³/mol. The molecule has 0 radical (unpaired) electrons. The van der Waals surface area contributed by atoms with E-state index in [0.717, 1.165) is 29.4 Å². The van der Waals surface area contributed by atoms with Crippen LogP contribution in [0.3, 0.4) is 0 Å². The molecule has 4 nitrogen and oxygen atoms in total. The fourth-order valence-electron chi connectivity index (χ4n) is 2.01. The van der Waals surface area contributed by atoms with E-state index in [9.17, 15) is 4.79 Å². The standard InChI is InChI=1S/C14H20N2O2S/c1-2-18-13-6-4-3-5-11(13)7-8-15-14(17)12-9-19-10-16-12/h3-6,12,16H,2,7-10H2,1H3,(H,15,17). The van der Waals surface area contributed by atoms with Gasteiger partial charge < -0.3 is 10.1 Å². The van der Waals surface area contributed by atoms with E-state index in [2.05, 4.69) is 10.6 Å². The average Bonchev–Trinajstić information content (AvgIpc) is 2.95. The van der Waals surface area contributed by atoms with Crippen LogP contribution < -0.4 is 15.4 Å². The fourth-order valence-corrected chi connectivity index (χ4v) is 2.96. The minimum atomic E-state index is -0.0351. The summed E-state index contributed by atoms with van der Waals surface area (Å²) in [4.78, 5) is 11.8. The Hall–Kier alpha value is -1.20. The summed E-state index contributed by atoms with van der Waals surface area (Å²) < 4.78 is 5.57. The summed E-state index contributed by atoms with van der Waals surface area (Å²) in [6.45, 7) is 3.28. The normalized spacial score (nSPS) is 18.3. The first-order valence-corrected chi connectivity index (χ1v) is 7.76. The number of benzene rings is 1. The Morgan fingerprint density at radius 1 is 1.53 bits per heavy atom. The Labute approximate surface area is 118 Å². The van der Waals surface area contributed by atoms with Crippen LogP contribution in [0.5, 0.6) is 5.75 Å². The second-order valence-corrected chi connectivity index (χ2v) is 5.38. The van der Waals surface area contributed by atoms with Gasteiger partial charge in [0.1, 0.15) is 5.75 Å². The summed E-state index contributed by atoms with van der Waals surface area (Å²) in [6, 6.07) is 7.94. The maximum absolute atomic E-state index is 11.8. The van der Waals surface area contributed by atoms with E-state index >= 15 is 0 Å². The van der Waals surface area contributed by atoms with Crippen molar-refractivity contribution in [2.75, 3.05) is 24.8 Å². The molecule has 1 saturated heterocycles. The zero-order valence-electron chi connectivity index (χ0n) is 11.1. The Bertz CT molecular complexity index is 420. The molecule has 5 heteroatoms. The van der Waals surface area contributed by atoms with Crippen molar-refractivity contribution in [3.05, 3.63) is 29.8 Å². The highest BCUT2D eigenvalue weighted by Gasteiger charge is 2.21. The van der Waals surface area contributed by atoms with Gasteiger partial charge in [0.2, 0.25) is 5.91 Å². The Balaban J connectivity index is 1.80. The van der Waals surface area contributed by atoms with Gasteiger partial charge in [-0.05, 0) is 25.0 Å². The molecule has 0 saturated carbocycles. The molecule has 0 aliphatic carbocycles. The van der Waals surface area contributed by atoms with Gasteiger partial charge in [-0.15, -0.1) is 11.8 Å². The number of thioether (sulfide) groups is 1. The Morgan fingerprint density at radius 3 is 3.11 bits per heavy atom. The topological polar surface area (TPSA) is 50.4 Å². The summed E-state index contributed by atoms with van der Waals surface area (Å²) in [5, 5.41) is 6.14. The van der Waals surface area contributed by atoms with Crippen molar-refractivity contribution in [1.82, 2.24) is 10.6 Å². The monoisotopic (exact) mass is 280 g/mol. The number of para-hydroxylation sites is 1. The van der Waals surface area contributed by atoms with Crippen LogP contribution >= 0.6 is 11.8 Å². The van der Waals surface area contributed by atoms with Crippen molar-refractivity contribution in [2.45, 2.75) is 19.4 Å². The molecule has 1 amide bonds. The number of hydrogen-bond acceptors (Lipinski definition) is 4. The minimum absolute atomic E-state index is 0.0351. The van der Waals surface area contributed by atoms with Crippen molar-refractivity contribution >= 4 is 17.7 Å². The molecule has 1 aliphatic heterocycles. The zero-order chi connectivity index (χ0) is 13.5. The summed E-state index contributed by atoms with van der Waals surface area (Å²) >= 11 is 1.76. The van der Waals surface area contributed by atoms with Crippen LogP contribution in [-0.4, -0.2) is 36.7 Å². The maximum atomic E-state index is 11.8. The largest absolute Gasteiger partial charge is 0.494 e. The van der Waals surface area contributed by atoms with Crippen LogP contribution in [0.4, 0.5) is 0 Å². The first-order chi connectivity index (χ1) is 9.31. The lowest BCUT2D eigenvalue weighted by atomic mass is 10.1. The lowest BCUT2D eigenvalue weighted by Gasteiger charge is -2.12. The third-order valence-corrected chi connectivity index (χ3v) is 3.94. The third kappa shape index (κ3) is 4.14. The first kappa shape index (κ1) is 14.2. The number of amides is 1. The molecule has 0 spiro atoms. The van der Waals surface area contributed by atoms with Gasteiger partial charge in [-0.3, -0.25) is 10.1 Å². The molecule has 1 unspecified atom stereocenters. The van der Waals surface area contributed by atoms with E-state index in [-0.39, 0.29) is 11.9 Å². The van der Waals surface area contributed by atoms with E-state index in [1.54, 1.807) is 11.8 Å². The van der Waals surface area contributed by atoms with Gasteiger partial charge in [0, 0.05) is 18.2 Å². The zero-order valence-corrected chi connectivity index (χ0v) is 12.0. The molecule has 1 heterocycles. The summed E-state index contributed by atoms with van der Waals surface area (Å²) in [6.07, 6.45) is 0.793. The van der Waals surface area contributed by atoms with Crippen LogP contribution in [0.25, 0.3) is 0 Å². The number of carbonyl (C=O) groups excluding carboxylic acids is 1. The van der Waals surface area contributed by atoms with Crippen molar-refractivity contribution < 1.29 is 9.53 Å². The second-order valence-electron chi connectivity index (χ2n) is 4.35. The smallest absolute Gasteiger partial charge is 0.238 e. The highest BCUT2D eigenvalue weighted by atomic mass is 32.2. The summed E-state index contributed by atoms with van der Waals surface area (Å²) in [5.74, 6) is 2.74. The van der Waals surface area contributed by atoms with Gasteiger partial charge in [0.05, 0.1) is 12.6 Å². The molecule has 2 N–H and O–H groups in total. The van der Waals surface area contributed by atoms with E-state index < -0.39 is 0 Å². The molecule has 19 heavy (non-hydrogen) atoms. The molecule has 1 fully saturated rings.